The molecule has 0 bridgehead atoms. The van der Waals surface area contributed by atoms with Crippen LogP contribution in [0.4, 0.5) is 10.5 Å². The normalized spacial score (nSPS) is 14.8. The van der Waals surface area contributed by atoms with Gasteiger partial charge < -0.3 is 15.5 Å². The molecule has 2 amide bonds. The summed E-state index contributed by atoms with van der Waals surface area (Å²) >= 11 is 0. The van der Waals surface area contributed by atoms with Crippen LogP contribution in [0, 0.1) is 5.92 Å². The van der Waals surface area contributed by atoms with E-state index in [2.05, 4.69) is 50.8 Å². The summed E-state index contributed by atoms with van der Waals surface area (Å²) in [6.45, 7) is 3.51. The largest absolute Gasteiger partial charge is 0.370 e. The Morgan fingerprint density at radius 2 is 1.88 bits per heavy atom. The number of pyridine rings is 1. The van der Waals surface area contributed by atoms with Gasteiger partial charge in [0.25, 0.3) is 0 Å². The van der Waals surface area contributed by atoms with E-state index in [1.54, 1.807) is 6.20 Å². The second-order valence-corrected chi connectivity index (χ2v) is 6.87. The van der Waals surface area contributed by atoms with E-state index in [0.29, 0.717) is 12.5 Å². The molecule has 2 aromatic rings. The smallest absolute Gasteiger partial charge is 0.314 e. The molecular formula is C21H28N4O. The fraction of sp³-hybridized carbons (Fsp3) is 0.429. The predicted molar refractivity (Wildman–Crippen MR) is 105 cm³/mol. The molecule has 0 aliphatic carbocycles. The highest BCUT2D eigenvalue weighted by Crippen LogP contribution is 2.21. The molecule has 0 unspecified atom stereocenters. The summed E-state index contributed by atoms with van der Waals surface area (Å²) in [6, 6.07) is 14.4. The molecule has 1 saturated heterocycles. The maximum Gasteiger partial charge on any atom is 0.314 e. The van der Waals surface area contributed by atoms with Crippen LogP contribution in [-0.4, -0.2) is 37.2 Å². The molecule has 1 aromatic carbocycles. The standard InChI is InChI=1S/C21H28N4O/c26-21(23-13-4-8-18-6-2-1-3-7-18)24-16-19-10-14-25(15-11-19)20-9-5-12-22-17-20/h1-3,5-7,9,12,17,19H,4,8,10-11,13-16H2,(H2,23,24,26). The minimum atomic E-state index is -0.0484. The number of nitrogens with one attached hydrogen (secondary N) is 2. The first-order valence-electron chi connectivity index (χ1n) is 9.52. The van der Waals surface area contributed by atoms with Gasteiger partial charge in [-0.2, -0.15) is 0 Å². The quantitative estimate of drug-likeness (QED) is 0.752. The molecule has 2 heterocycles. The highest BCUT2D eigenvalue weighted by molar-refractivity contribution is 5.73. The lowest BCUT2D eigenvalue weighted by Crippen LogP contribution is -2.42. The second-order valence-electron chi connectivity index (χ2n) is 6.87. The number of carbonyl (C=O) groups is 1. The Kier molecular flexibility index (Phi) is 6.88. The first-order chi connectivity index (χ1) is 12.8. The summed E-state index contributed by atoms with van der Waals surface area (Å²) in [5.41, 5.74) is 2.50. The fourth-order valence-electron chi connectivity index (χ4n) is 3.37. The van der Waals surface area contributed by atoms with Crippen molar-refractivity contribution in [2.24, 2.45) is 5.92 Å². The Morgan fingerprint density at radius 3 is 2.62 bits per heavy atom. The summed E-state index contributed by atoms with van der Waals surface area (Å²) in [6.07, 6.45) is 7.88. The molecule has 1 aliphatic heterocycles. The van der Waals surface area contributed by atoms with Gasteiger partial charge in [-0.15, -0.1) is 0 Å². The van der Waals surface area contributed by atoms with Crippen LogP contribution in [0.1, 0.15) is 24.8 Å². The Bertz CT molecular complexity index is 654. The third-order valence-electron chi connectivity index (χ3n) is 4.95. The van der Waals surface area contributed by atoms with E-state index in [0.717, 1.165) is 45.3 Å². The van der Waals surface area contributed by atoms with Gasteiger partial charge in [-0.1, -0.05) is 30.3 Å². The lowest BCUT2D eigenvalue weighted by molar-refractivity contribution is 0.237. The Balaban J connectivity index is 1.27. The summed E-state index contributed by atoms with van der Waals surface area (Å²) in [5.74, 6) is 0.554. The van der Waals surface area contributed by atoms with Gasteiger partial charge in [0.15, 0.2) is 0 Å². The number of amides is 2. The molecule has 1 aliphatic rings. The van der Waals surface area contributed by atoms with Crippen molar-refractivity contribution in [2.75, 3.05) is 31.1 Å². The number of hydrogen-bond acceptors (Lipinski definition) is 3. The second kappa shape index (κ2) is 9.80. The van der Waals surface area contributed by atoms with E-state index in [1.165, 1.54) is 11.3 Å². The number of piperidine rings is 1. The number of benzene rings is 1. The number of rotatable bonds is 7. The molecule has 5 nitrogen and oxygen atoms in total. The van der Waals surface area contributed by atoms with E-state index >= 15 is 0 Å². The maximum atomic E-state index is 11.9. The molecule has 1 fully saturated rings. The summed E-state index contributed by atoms with van der Waals surface area (Å²) < 4.78 is 0. The molecule has 0 saturated carbocycles. The van der Waals surface area contributed by atoms with Crippen LogP contribution in [0.3, 0.4) is 0 Å². The predicted octanol–water partition coefficient (Wildman–Crippen LogP) is 3.23. The molecular weight excluding hydrogens is 324 g/mol. The van der Waals surface area contributed by atoms with Crippen LogP contribution in [-0.2, 0) is 6.42 Å². The monoisotopic (exact) mass is 352 g/mol. The number of hydrogen-bond donors (Lipinski definition) is 2. The van der Waals surface area contributed by atoms with Gasteiger partial charge in [0.2, 0.25) is 0 Å². The van der Waals surface area contributed by atoms with E-state index in [-0.39, 0.29) is 6.03 Å². The van der Waals surface area contributed by atoms with Crippen molar-refractivity contribution < 1.29 is 4.79 Å². The fourth-order valence-corrected chi connectivity index (χ4v) is 3.37. The van der Waals surface area contributed by atoms with Gasteiger partial charge in [-0.05, 0) is 49.3 Å². The van der Waals surface area contributed by atoms with Crippen molar-refractivity contribution >= 4 is 11.7 Å². The third kappa shape index (κ3) is 5.76. The molecule has 3 rings (SSSR count). The average Bonchev–Trinajstić information content (AvgIpc) is 2.71. The lowest BCUT2D eigenvalue weighted by atomic mass is 9.96. The molecule has 0 spiro atoms. The van der Waals surface area contributed by atoms with Gasteiger partial charge >= 0.3 is 6.03 Å². The summed E-state index contributed by atoms with van der Waals surface area (Å²) in [7, 11) is 0. The summed E-state index contributed by atoms with van der Waals surface area (Å²) in [5, 5.41) is 5.98. The Labute approximate surface area is 155 Å². The van der Waals surface area contributed by atoms with Crippen molar-refractivity contribution in [2.45, 2.75) is 25.7 Å². The molecule has 0 radical (unpaired) electrons. The number of aromatic nitrogens is 1. The van der Waals surface area contributed by atoms with Gasteiger partial charge in [-0.25, -0.2) is 4.79 Å². The highest BCUT2D eigenvalue weighted by Gasteiger charge is 2.19. The summed E-state index contributed by atoms with van der Waals surface area (Å²) in [4.78, 5) is 18.5. The van der Waals surface area contributed by atoms with Gasteiger partial charge in [-0.3, -0.25) is 4.98 Å². The SMILES string of the molecule is O=C(NCCCc1ccccc1)NCC1CCN(c2cccnc2)CC1. The van der Waals surface area contributed by atoms with Gasteiger partial charge in [0.1, 0.15) is 0 Å². The van der Waals surface area contributed by atoms with Crippen molar-refractivity contribution in [3.8, 4) is 0 Å². The zero-order valence-corrected chi connectivity index (χ0v) is 15.2. The molecule has 5 heteroatoms. The molecule has 138 valence electrons. The third-order valence-corrected chi connectivity index (χ3v) is 4.95. The van der Waals surface area contributed by atoms with Crippen LogP contribution in [0.25, 0.3) is 0 Å². The minimum Gasteiger partial charge on any atom is -0.370 e. The van der Waals surface area contributed by atoms with E-state index < -0.39 is 0 Å². The van der Waals surface area contributed by atoms with Crippen molar-refractivity contribution in [3.63, 3.8) is 0 Å². The van der Waals surface area contributed by atoms with Crippen LogP contribution in [0.5, 0.6) is 0 Å². The molecule has 0 atom stereocenters. The Hall–Kier alpha value is -2.56. The van der Waals surface area contributed by atoms with Crippen molar-refractivity contribution in [1.29, 1.82) is 0 Å². The first-order valence-corrected chi connectivity index (χ1v) is 9.52. The van der Waals surface area contributed by atoms with Gasteiger partial charge in [0, 0.05) is 32.4 Å². The highest BCUT2D eigenvalue weighted by atomic mass is 16.2. The van der Waals surface area contributed by atoms with Crippen LogP contribution in [0.15, 0.2) is 54.9 Å². The first kappa shape index (κ1) is 18.2. The zero-order valence-electron chi connectivity index (χ0n) is 15.2. The number of urea groups is 1. The number of carbonyl (C=O) groups excluding carboxylic acids is 1. The van der Waals surface area contributed by atoms with Crippen LogP contribution >= 0.6 is 0 Å². The number of nitrogens with zero attached hydrogens (tertiary/aromatic N) is 2. The van der Waals surface area contributed by atoms with Crippen LogP contribution < -0.4 is 15.5 Å². The molecule has 2 N–H and O–H groups in total. The molecule has 1 aromatic heterocycles. The average molecular weight is 352 g/mol. The van der Waals surface area contributed by atoms with E-state index in [4.69, 9.17) is 0 Å². The van der Waals surface area contributed by atoms with E-state index in [9.17, 15) is 4.79 Å². The molecule has 26 heavy (non-hydrogen) atoms. The zero-order chi connectivity index (χ0) is 18.0. The Morgan fingerprint density at radius 1 is 1.08 bits per heavy atom. The van der Waals surface area contributed by atoms with Crippen molar-refractivity contribution in [3.05, 3.63) is 60.4 Å². The van der Waals surface area contributed by atoms with Crippen LogP contribution in [0.2, 0.25) is 0 Å². The lowest BCUT2D eigenvalue weighted by Gasteiger charge is -2.33. The minimum absolute atomic E-state index is 0.0484. The van der Waals surface area contributed by atoms with E-state index in [1.807, 2.05) is 18.3 Å². The van der Waals surface area contributed by atoms with Crippen molar-refractivity contribution in [1.82, 2.24) is 15.6 Å². The number of aryl methyl sites for hydroxylation is 1. The van der Waals surface area contributed by atoms with Gasteiger partial charge in [0.05, 0.1) is 11.9 Å². The number of anilines is 1. The topological polar surface area (TPSA) is 57.3 Å². The maximum absolute atomic E-state index is 11.9.